The van der Waals surface area contributed by atoms with Gasteiger partial charge in [0.2, 0.25) is 11.7 Å². The van der Waals surface area contributed by atoms with Crippen molar-refractivity contribution < 1.29 is 4.79 Å². The number of halogens is 1. The summed E-state index contributed by atoms with van der Waals surface area (Å²) in [5, 5.41) is 9.43. The molecule has 27 heavy (non-hydrogen) atoms. The van der Waals surface area contributed by atoms with Crippen molar-refractivity contribution in [1.29, 1.82) is 0 Å². The SMILES string of the molecule is Cc1cc(=O)n2nc(-c3cccs3)nc2n1CC(=O)Nc1ccccc1Cl. The summed E-state index contributed by atoms with van der Waals surface area (Å²) in [6.07, 6.45) is 0. The van der Waals surface area contributed by atoms with Crippen LogP contribution in [0.25, 0.3) is 16.5 Å². The molecule has 4 rings (SSSR count). The van der Waals surface area contributed by atoms with Gasteiger partial charge in [0.1, 0.15) is 6.54 Å². The molecule has 1 N–H and O–H groups in total. The molecule has 0 bridgehead atoms. The van der Waals surface area contributed by atoms with Crippen LogP contribution in [0.3, 0.4) is 0 Å². The maximum Gasteiger partial charge on any atom is 0.275 e. The number of hydrogen-bond acceptors (Lipinski definition) is 5. The number of nitrogens with zero attached hydrogens (tertiary/aromatic N) is 4. The Labute approximate surface area is 162 Å². The molecule has 7 nitrogen and oxygen atoms in total. The lowest BCUT2D eigenvalue weighted by molar-refractivity contribution is -0.116. The van der Waals surface area contributed by atoms with Crippen LogP contribution < -0.4 is 10.9 Å². The van der Waals surface area contributed by atoms with Crippen LogP contribution in [0, 0.1) is 6.92 Å². The predicted molar refractivity (Wildman–Crippen MR) is 105 cm³/mol. The molecular formula is C18H14ClN5O2S. The maximum atomic E-state index is 12.5. The van der Waals surface area contributed by atoms with Crippen LogP contribution >= 0.6 is 22.9 Å². The minimum atomic E-state index is -0.291. The fourth-order valence-corrected chi connectivity index (χ4v) is 3.54. The predicted octanol–water partition coefficient (Wildman–Crippen LogP) is 3.22. The molecule has 0 fully saturated rings. The highest BCUT2D eigenvalue weighted by atomic mass is 35.5. The summed E-state index contributed by atoms with van der Waals surface area (Å²) in [6, 6.07) is 12.2. The topological polar surface area (TPSA) is 81.3 Å². The molecule has 0 saturated heterocycles. The highest BCUT2D eigenvalue weighted by molar-refractivity contribution is 7.13. The van der Waals surface area contributed by atoms with E-state index in [1.165, 1.54) is 21.9 Å². The van der Waals surface area contributed by atoms with E-state index in [0.717, 1.165) is 4.88 Å². The Morgan fingerprint density at radius 3 is 2.81 bits per heavy atom. The number of aryl methyl sites for hydroxylation is 1. The number of amides is 1. The van der Waals surface area contributed by atoms with Gasteiger partial charge in [-0.25, -0.2) is 0 Å². The van der Waals surface area contributed by atoms with E-state index >= 15 is 0 Å². The monoisotopic (exact) mass is 399 g/mol. The molecule has 0 radical (unpaired) electrons. The Morgan fingerprint density at radius 2 is 2.07 bits per heavy atom. The number of carbonyl (C=O) groups is 1. The lowest BCUT2D eigenvalue weighted by Gasteiger charge is -2.12. The molecule has 3 heterocycles. The lowest BCUT2D eigenvalue weighted by atomic mass is 10.3. The first-order valence-corrected chi connectivity index (χ1v) is 9.34. The zero-order valence-electron chi connectivity index (χ0n) is 14.2. The number of benzene rings is 1. The summed E-state index contributed by atoms with van der Waals surface area (Å²) in [4.78, 5) is 30.1. The summed E-state index contributed by atoms with van der Waals surface area (Å²) in [6.45, 7) is 1.73. The molecule has 0 spiro atoms. The van der Waals surface area contributed by atoms with Gasteiger partial charge in [-0.15, -0.1) is 16.4 Å². The van der Waals surface area contributed by atoms with E-state index in [1.807, 2.05) is 17.5 Å². The highest BCUT2D eigenvalue weighted by Gasteiger charge is 2.16. The summed E-state index contributed by atoms with van der Waals surface area (Å²) >= 11 is 7.57. The number of aromatic nitrogens is 4. The Balaban J connectivity index is 1.71. The van der Waals surface area contributed by atoms with E-state index in [1.54, 1.807) is 35.8 Å². The highest BCUT2D eigenvalue weighted by Crippen LogP contribution is 2.22. The number of rotatable bonds is 4. The molecule has 1 aromatic carbocycles. The number of thiophene rings is 1. The molecule has 0 unspecified atom stereocenters. The van der Waals surface area contributed by atoms with E-state index in [-0.39, 0.29) is 18.0 Å². The van der Waals surface area contributed by atoms with Gasteiger partial charge in [0, 0.05) is 11.8 Å². The minimum absolute atomic E-state index is 0.0244. The Hall–Kier alpha value is -2.97. The van der Waals surface area contributed by atoms with E-state index in [9.17, 15) is 9.59 Å². The van der Waals surface area contributed by atoms with Crippen molar-refractivity contribution >= 4 is 40.3 Å². The van der Waals surface area contributed by atoms with Crippen molar-refractivity contribution in [3.63, 3.8) is 0 Å². The first kappa shape index (κ1) is 17.4. The van der Waals surface area contributed by atoms with Gasteiger partial charge in [-0.05, 0) is 30.5 Å². The standard InChI is InChI=1S/C18H14ClN5O2S/c1-11-9-16(26)24-18(21-17(22-24)14-7-4-8-27-14)23(11)10-15(25)20-13-6-3-2-5-12(13)19/h2-9H,10H2,1H3,(H,20,25). The molecule has 4 aromatic rings. The number of carbonyl (C=O) groups excluding carboxylic acids is 1. The average molecular weight is 400 g/mol. The van der Waals surface area contributed by atoms with E-state index in [4.69, 9.17) is 11.6 Å². The minimum Gasteiger partial charge on any atom is -0.323 e. The third-order valence-corrected chi connectivity index (χ3v) is 5.18. The second-order valence-corrected chi connectivity index (χ2v) is 7.22. The number of anilines is 1. The van der Waals surface area contributed by atoms with Crippen molar-refractivity contribution in [1.82, 2.24) is 19.2 Å². The van der Waals surface area contributed by atoms with Crippen LogP contribution in [0.1, 0.15) is 5.69 Å². The quantitative estimate of drug-likeness (QED) is 0.571. The van der Waals surface area contributed by atoms with Crippen LogP contribution in [-0.4, -0.2) is 25.1 Å². The molecule has 0 aliphatic heterocycles. The van der Waals surface area contributed by atoms with Crippen molar-refractivity contribution in [2.75, 3.05) is 5.32 Å². The van der Waals surface area contributed by atoms with Crippen LogP contribution in [0.15, 0.2) is 52.6 Å². The fraction of sp³-hybridized carbons (Fsp3) is 0.111. The van der Waals surface area contributed by atoms with E-state index in [2.05, 4.69) is 15.4 Å². The van der Waals surface area contributed by atoms with Gasteiger partial charge >= 0.3 is 0 Å². The Bertz CT molecular complexity index is 1200. The van der Waals surface area contributed by atoms with Crippen LogP contribution in [0.4, 0.5) is 5.69 Å². The molecule has 9 heteroatoms. The van der Waals surface area contributed by atoms with E-state index < -0.39 is 0 Å². The maximum absolute atomic E-state index is 12.5. The van der Waals surface area contributed by atoms with Crippen molar-refractivity contribution in [2.45, 2.75) is 13.5 Å². The van der Waals surface area contributed by atoms with Gasteiger partial charge in [0.25, 0.3) is 5.56 Å². The van der Waals surface area contributed by atoms with Crippen LogP contribution in [0.5, 0.6) is 0 Å². The average Bonchev–Trinajstić information content (AvgIpc) is 3.30. The van der Waals surface area contributed by atoms with Crippen molar-refractivity contribution in [3.05, 3.63) is 68.9 Å². The molecule has 3 aromatic heterocycles. The molecule has 0 atom stereocenters. The smallest absolute Gasteiger partial charge is 0.275 e. The molecule has 0 aliphatic rings. The first-order chi connectivity index (χ1) is 13.0. The second kappa shape index (κ2) is 6.98. The second-order valence-electron chi connectivity index (χ2n) is 5.86. The first-order valence-electron chi connectivity index (χ1n) is 8.08. The number of nitrogens with one attached hydrogen (secondary N) is 1. The van der Waals surface area contributed by atoms with Crippen LogP contribution in [-0.2, 0) is 11.3 Å². The van der Waals surface area contributed by atoms with Crippen molar-refractivity contribution in [3.8, 4) is 10.7 Å². The van der Waals surface area contributed by atoms with Crippen LogP contribution in [0.2, 0.25) is 5.02 Å². The number of fused-ring (bicyclic) bond motifs is 1. The summed E-state index contributed by atoms with van der Waals surface area (Å²) < 4.78 is 2.86. The van der Waals surface area contributed by atoms with Gasteiger partial charge < -0.3 is 9.88 Å². The molecule has 1 amide bonds. The Kier molecular flexibility index (Phi) is 4.51. The zero-order valence-corrected chi connectivity index (χ0v) is 15.8. The molecule has 0 aliphatic carbocycles. The van der Waals surface area contributed by atoms with Gasteiger partial charge in [0.15, 0.2) is 5.82 Å². The third-order valence-electron chi connectivity index (χ3n) is 3.99. The fourth-order valence-electron chi connectivity index (χ4n) is 2.70. The third kappa shape index (κ3) is 3.36. The number of para-hydroxylation sites is 1. The normalized spacial score (nSPS) is 11.0. The molecule has 0 saturated carbocycles. The van der Waals surface area contributed by atoms with Gasteiger partial charge in [-0.1, -0.05) is 29.8 Å². The largest absolute Gasteiger partial charge is 0.323 e. The van der Waals surface area contributed by atoms with Gasteiger partial charge in [-0.3, -0.25) is 9.59 Å². The summed E-state index contributed by atoms with van der Waals surface area (Å²) in [7, 11) is 0. The van der Waals surface area contributed by atoms with Gasteiger partial charge in [0.05, 0.1) is 15.6 Å². The summed E-state index contributed by atoms with van der Waals surface area (Å²) in [5.41, 5.74) is 0.854. The Morgan fingerprint density at radius 1 is 1.26 bits per heavy atom. The van der Waals surface area contributed by atoms with E-state index in [0.29, 0.717) is 28.0 Å². The zero-order chi connectivity index (χ0) is 19.0. The lowest BCUT2D eigenvalue weighted by Crippen LogP contribution is -2.25. The van der Waals surface area contributed by atoms with Crippen molar-refractivity contribution in [2.24, 2.45) is 0 Å². The molecule has 136 valence electrons. The van der Waals surface area contributed by atoms with Gasteiger partial charge in [-0.2, -0.15) is 9.50 Å². The number of hydrogen-bond donors (Lipinski definition) is 1. The summed E-state index contributed by atoms with van der Waals surface area (Å²) in [5.74, 6) is 0.489. The molecular weight excluding hydrogens is 386 g/mol.